The molecule has 1 N–H and O–H groups in total. The van der Waals surface area contributed by atoms with Gasteiger partial charge in [0.05, 0.1) is 0 Å². The van der Waals surface area contributed by atoms with Gasteiger partial charge < -0.3 is 33.2 Å². The van der Waals surface area contributed by atoms with Crippen LogP contribution < -0.4 is 19.5 Å². The van der Waals surface area contributed by atoms with E-state index in [2.05, 4.69) is 204 Å². The Morgan fingerprint density at radius 1 is 0.345 bits per heavy atom. The van der Waals surface area contributed by atoms with Crippen LogP contribution in [0.15, 0.2) is 127 Å². The molecule has 0 unspecified atom stereocenters. The minimum atomic E-state index is -0.522. The van der Waals surface area contributed by atoms with Crippen LogP contribution in [0.3, 0.4) is 0 Å². The molecule has 0 spiro atoms. The Bertz CT molecular complexity index is 4350. The summed E-state index contributed by atoms with van der Waals surface area (Å²) in [4.78, 5) is 22.8. The summed E-state index contributed by atoms with van der Waals surface area (Å²) in [7, 11) is 1.56. The van der Waals surface area contributed by atoms with Crippen molar-refractivity contribution >= 4 is 51.2 Å². The van der Waals surface area contributed by atoms with Crippen molar-refractivity contribution in [1.82, 2.24) is 34.3 Å². The molecule has 0 amide bonds. The van der Waals surface area contributed by atoms with Crippen LogP contribution in [0.4, 0.5) is 0 Å². The van der Waals surface area contributed by atoms with E-state index in [9.17, 15) is 0 Å². The van der Waals surface area contributed by atoms with Gasteiger partial charge in [-0.3, -0.25) is 0 Å². The number of nitrogens with zero attached hydrogens (tertiary/aromatic N) is 6. The second-order valence-corrected chi connectivity index (χ2v) is 34.3. The summed E-state index contributed by atoms with van der Waals surface area (Å²) in [5.41, 5.74) is 8.13. The molecule has 11 rings (SSSR count). The number of hydrogen-bond acceptors (Lipinski definition) is 9. The minimum absolute atomic E-state index is 0.0658. The Balaban J connectivity index is 0.904. The van der Waals surface area contributed by atoms with Crippen molar-refractivity contribution in [3.63, 3.8) is 0 Å². The number of rotatable bonds is 51. The molecule has 5 heterocycles. The molecule has 2 aliphatic rings. The number of unbranched alkanes of at least 4 members (excludes halogenated alkanes) is 36. The first-order valence-corrected chi connectivity index (χ1v) is 44.5. The summed E-state index contributed by atoms with van der Waals surface area (Å²) >= 11 is 0. The number of ether oxygens (including phenoxy) is 3. The summed E-state index contributed by atoms with van der Waals surface area (Å²) in [5, 5.41) is 7.52. The average Bonchev–Trinajstić information content (AvgIpc) is 1.57. The third kappa shape index (κ3) is 25.4. The van der Waals surface area contributed by atoms with Gasteiger partial charge in [-0.25, -0.2) is 19.9 Å². The molecule has 0 saturated carbocycles. The first-order valence-electron chi connectivity index (χ1n) is 44.5. The molecular weight excluding hydrogens is 1350 g/mol. The monoisotopic (exact) mass is 1490 g/mol. The highest BCUT2D eigenvalue weighted by molar-refractivity contribution is 6.51. The van der Waals surface area contributed by atoms with Gasteiger partial charge in [-0.2, -0.15) is 0 Å². The molecule has 12 heteroatoms. The second kappa shape index (κ2) is 43.7. The SMILES string of the molecule is CCCCCCCCCCCCCCCc1cccc(Oc2ccc3c(c2)-c2nc-3nc3c4cc(Oc5cccc(CCCCCCCCCCCCCCC)c5)ccc4c(nc4c5cc(Oc6cccc(CCCCCCCCCCCCCCC)c6)ccc5c(n2)n4C)n3B(C)OC2CC(C)(C)NC(C)(C)C2)c1. The number of fused-ring (bicyclic) bond motifs is 15. The van der Waals surface area contributed by atoms with Gasteiger partial charge in [0.2, 0.25) is 0 Å². The van der Waals surface area contributed by atoms with Crippen LogP contribution in [-0.2, 0) is 31.0 Å². The number of aromatic nitrogens is 6. The highest BCUT2D eigenvalue weighted by Gasteiger charge is 2.40. The Morgan fingerprint density at radius 3 is 1.07 bits per heavy atom. The first-order chi connectivity index (χ1) is 53.7. The van der Waals surface area contributed by atoms with Crippen molar-refractivity contribution in [3.8, 4) is 57.3 Å². The molecule has 0 radical (unpaired) electrons. The van der Waals surface area contributed by atoms with Crippen LogP contribution in [0.1, 0.15) is 328 Å². The molecule has 1 fully saturated rings. The lowest BCUT2D eigenvalue weighted by Crippen LogP contribution is -2.60. The van der Waals surface area contributed by atoms with E-state index >= 15 is 0 Å². The van der Waals surface area contributed by atoms with Crippen molar-refractivity contribution in [2.75, 3.05) is 0 Å². The zero-order valence-corrected chi connectivity index (χ0v) is 69.7. The standard InChI is InChI=1S/C98H138BN7O4/c1-10-13-16-19-22-25-28-31-34-37-40-43-46-52-75-55-49-58-78(67-75)107-81-61-64-85-88(70-81)92-100-91(85)102-96-90-72-83(109-80-60-51-57-77(69-80)54-48-45-42-39-36-33-30-27-24-21-18-15-12-3)63-66-87(90)95(106(96)99(8)110-84-73-97(4,5)104-98(6,7)74-84)103-94-89-71-82(62-65-86(89)93(101-92)105(94)9)108-79-59-50-56-76(68-79)53-47-44-41-38-35-32-29-26-23-20-17-14-11-2/h49-51,55-72,84,104H,10-48,52-54,73-74H2,1-9H3. The number of benzene rings is 6. The summed E-state index contributed by atoms with van der Waals surface area (Å²) < 4.78 is 32.5. The average molecular weight is 1490 g/mol. The van der Waals surface area contributed by atoms with Crippen molar-refractivity contribution in [3.05, 3.63) is 144 Å². The van der Waals surface area contributed by atoms with Crippen molar-refractivity contribution in [2.45, 2.75) is 355 Å². The third-order valence-corrected chi connectivity index (χ3v) is 23.4. The Morgan fingerprint density at radius 2 is 0.664 bits per heavy atom. The molecule has 110 heavy (non-hydrogen) atoms. The fraction of sp³-hybridized carbons (Fsp3) is 0.571. The smallest absolute Gasteiger partial charge is 0.419 e. The van der Waals surface area contributed by atoms with Gasteiger partial charge in [0.15, 0.2) is 11.6 Å². The van der Waals surface area contributed by atoms with Crippen LogP contribution in [0.25, 0.3) is 66.9 Å². The molecule has 592 valence electrons. The van der Waals surface area contributed by atoms with Crippen LogP contribution in [0.5, 0.6) is 34.5 Å². The van der Waals surface area contributed by atoms with E-state index in [1.165, 1.54) is 267 Å². The molecule has 6 bridgehead atoms. The van der Waals surface area contributed by atoms with E-state index in [0.717, 1.165) is 105 Å². The van der Waals surface area contributed by atoms with Crippen LogP contribution >= 0.6 is 0 Å². The largest absolute Gasteiger partial charge is 0.457 e. The van der Waals surface area contributed by atoms with Gasteiger partial charge in [0, 0.05) is 56.9 Å². The molecule has 11 nitrogen and oxygen atoms in total. The van der Waals surface area contributed by atoms with E-state index in [-0.39, 0.29) is 17.2 Å². The van der Waals surface area contributed by atoms with Gasteiger partial charge in [0.25, 0.3) is 0 Å². The zero-order chi connectivity index (χ0) is 76.8. The van der Waals surface area contributed by atoms with Gasteiger partial charge in [-0.1, -0.05) is 288 Å². The van der Waals surface area contributed by atoms with E-state index in [0.29, 0.717) is 28.8 Å². The highest BCUT2D eigenvalue weighted by atomic mass is 16.5. The predicted octanol–water partition coefficient (Wildman–Crippen LogP) is 29.4. The zero-order valence-electron chi connectivity index (χ0n) is 69.7. The molecule has 2 aliphatic heterocycles. The summed E-state index contributed by atoms with van der Waals surface area (Å²) in [6.07, 6.45) is 57.2. The normalized spacial score (nSPS) is 13.8. The van der Waals surface area contributed by atoms with Crippen molar-refractivity contribution in [2.24, 2.45) is 7.05 Å². The number of piperidine rings is 1. The van der Waals surface area contributed by atoms with E-state index < -0.39 is 7.05 Å². The predicted molar refractivity (Wildman–Crippen MR) is 467 cm³/mol. The molecule has 6 aromatic carbocycles. The molecular formula is C98H138BN7O4. The van der Waals surface area contributed by atoms with Crippen LogP contribution in [0, 0.1) is 0 Å². The second-order valence-electron chi connectivity index (χ2n) is 34.3. The van der Waals surface area contributed by atoms with Gasteiger partial charge in [0.1, 0.15) is 57.1 Å². The summed E-state index contributed by atoms with van der Waals surface area (Å²) in [6, 6.07) is 45.1. The molecule has 0 atom stereocenters. The number of aryl methyl sites for hydroxylation is 4. The summed E-state index contributed by atoms with van der Waals surface area (Å²) in [5.74, 6) is 5.69. The van der Waals surface area contributed by atoms with Crippen LogP contribution in [-0.4, -0.2) is 53.2 Å². The Labute approximate surface area is 663 Å². The maximum atomic E-state index is 7.46. The fourth-order valence-electron chi connectivity index (χ4n) is 17.7. The van der Waals surface area contributed by atoms with E-state index in [1.54, 1.807) is 0 Å². The minimum Gasteiger partial charge on any atom is -0.457 e. The molecule has 1 saturated heterocycles. The molecule has 0 aliphatic carbocycles. The lowest BCUT2D eigenvalue weighted by atomic mass is 9.78. The quantitative estimate of drug-likeness (QED) is 0.0294. The fourth-order valence-corrected chi connectivity index (χ4v) is 17.7. The van der Waals surface area contributed by atoms with Gasteiger partial charge in [-0.05, 0) is 194 Å². The van der Waals surface area contributed by atoms with Gasteiger partial charge >= 0.3 is 7.05 Å². The van der Waals surface area contributed by atoms with Crippen molar-refractivity contribution in [1.29, 1.82) is 0 Å². The van der Waals surface area contributed by atoms with E-state index in [1.807, 2.05) is 0 Å². The summed E-state index contributed by atoms with van der Waals surface area (Å²) in [6.45, 7) is 18.2. The number of nitrogens with one attached hydrogen (secondary N) is 1. The molecule has 3 aromatic heterocycles. The van der Waals surface area contributed by atoms with Gasteiger partial charge in [-0.15, -0.1) is 0 Å². The first kappa shape index (κ1) is 83.7. The Hall–Kier alpha value is -7.28. The maximum absolute atomic E-state index is 7.46. The highest BCUT2D eigenvalue weighted by Crippen LogP contribution is 2.42. The number of hydrogen-bond donors (Lipinski definition) is 1. The van der Waals surface area contributed by atoms with Crippen LogP contribution in [0.2, 0.25) is 6.82 Å². The maximum Gasteiger partial charge on any atom is 0.419 e. The van der Waals surface area contributed by atoms with Crippen molar-refractivity contribution < 1.29 is 18.9 Å². The lowest BCUT2D eigenvalue weighted by Gasteiger charge is -2.46. The third-order valence-electron chi connectivity index (χ3n) is 23.4. The van der Waals surface area contributed by atoms with E-state index in [4.69, 9.17) is 38.8 Å². The topological polar surface area (TPSA) is 110 Å². The molecule has 9 aromatic rings. The Kier molecular flexibility index (Phi) is 33.2. The lowest BCUT2D eigenvalue weighted by molar-refractivity contribution is 0.0536.